The van der Waals surface area contributed by atoms with Crippen LogP contribution in [0.1, 0.15) is 28.0 Å². The van der Waals surface area contributed by atoms with Crippen molar-refractivity contribution in [2.45, 2.75) is 26.0 Å². The Morgan fingerprint density at radius 3 is 2.77 bits per heavy atom. The fourth-order valence-electron chi connectivity index (χ4n) is 2.42. The molecule has 1 atom stereocenters. The van der Waals surface area contributed by atoms with Gasteiger partial charge >= 0.3 is 0 Å². The van der Waals surface area contributed by atoms with Gasteiger partial charge < -0.3 is 15.0 Å². The molecule has 3 rings (SSSR count). The summed E-state index contributed by atoms with van der Waals surface area (Å²) in [6.45, 7) is 2.03. The van der Waals surface area contributed by atoms with Gasteiger partial charge in [-0.15, -0.1) is 11.3 Å². The Morgan fingerprint density at radius 2 is 2.08 bits per heavy atom. The van der Waals surface area contributed by atoms with E-state index in [1.807, 2.05) is 54.8 Å². The number of ether oxygens (including phenoxy) is 1. The zero-order valence-electron chi connectivity index (χ0n) is 14.3. The summed E-state index contributed by atoms with van der Waals surface area (Å²) in [4.78, 5) is 32.4. The average Bonchev–Trinajstić information content (AvgIpc) is 3.13. The van der Waals surface area contributed by atoms with Crippen LogP contribution in [0.25, 0.3) is 0 Å². The molecule has 0 saturated heterocycles. The molecule has 0 spiro atoms. The number of nitrogens with one attached hydrogen (secondary N) is 2. The van der Waals surface area contributed by atoms with Crippen LogP contribution in [0.15, 0.2) is 58.8 Å². The lowest BCUT2D eigenvalue weighted by molar-refractivity contribution is 0.0938. The van der Waals surface area contributed by atoms with Crippen molar-refractivity contribution < 1.29 is 9.53 Å². The standard InChI is InChI=1S/C19H19N3O3S/c1-13(10-15-8-5-9-26-15)21-18(23)16-11-20-17(22-19(16)24)12-25-14-6-3-2-4-7-14/h2-9,11,13H,10,12H2,1H3,(H,21,23)(H,20,22,24)/t13-/m0/s1. The zero-order valence-corrected chi connectivity index (χ0v) is 15.1. The van der Waals surface area contributed by atoms with Gasteiger partial charge in [-0.1, -0.05) is 24.3 Å². The molecule has 0 fully saturated rings. The highest BCUT2D eigenvalue weighted by Gasteiger charge is 2.15. The first-order valence-electron chi connectivity index (χ1n) is 8.21. The molecule has 0 aliphatic carbocycles. The second-order valence-electron chi connectivity index (χ2n) is 5.83. The van der Waals surface area contributed by atoms with Gasteiger partial charge in [0.2, 0.25) is 0 Å². The molecule has 1 aromatic carbocycles. The number of hydrogen-bond acceptors (Lipinski definition) is 5. The minimum Gasteiger partial charge on any atom is -0.486 e. The van der Waals surface area contributed by atoms with Gasteiger partial charge in [-0.25, -0.2) is 4.98 Å². The van der Waals surface area contributed by atoms with Gasteiger partial charge in [0.1, 0.15) is 23.7 Å². The molecule has 0 saturated carbocycles. The third-order valence-electron chi connectivity index (χ3n) is 3.68. The molecule has 1 amide bonds. The van der Waals surface area contributed by atoms with Gasteiger partial charge in [0.25, 0.3) is 11.5 Å². The van der Waals surface area contributed by atoms with Gasteiger partial charge in [-0.2, -0.15) is 0 Å². The van der Waals surface area contributed by atoms with E-state index in [4.69, 9.17) is 4.74 Å². The van der Waals surface area contributed by atoms with Gasteiger partial charge in [-0.3, -0.25) is 9.59 Å². The van der Waals surface area contributed by atoms with Crippen molar-refractivity contribution in [1.82, 2.24) is 15.3 Å². The number of hydrogen-bond donors (Lipinski definition) is 2. The van der Waals surface area contributed by atoms with Crippen molar-refractivity contribution in [1.29, 1.82) is 0 Å². The fraction of sp³-hybridized carbons (Fsp3) is 0.211. The number of aromatic nitrogens is 2. The molecule has 0 aliphatic heterocycles. The lowest BCUT2D eigenvalue weighted by atomic mass is 10.2. The Balaban J connectivity index is 1.59. The van der Waals surface area contributed by atoms with E-state index in [9.17, 15) is 9.59 Å². The maximum Gasteiger partial charge on any atom is 0.263 e. The number of nitrogens with zero attached hydrogens (tertiary/aromatic N) is 1. The Kier molecular flexibility index (Phi) is 5.80. The zero-order chi connectivity index (χ0) is 18.4. The van der Waals surface area contributed by atoms with E-state index in [0.29, 0.717) is 11.6 Å². The summed E-state index contributed by atoms with van der Waals surface area (Å²) in [7, 11) is 0. The molecule has 6 nitrogen and oxygen atoms in total. The number of aromatic amines is 1. The lowest BCUT2D eigenvalue weighted by Crippen LogP contribution is -2.37. The van der Waals surface area contributed by atoms with Crippen LogP contribution < -0.4 is 15.6 Å². The molecule has 3 aromatic rings. The first kappa shape index (κ1) is 17.9. The van der Waals surface area contributed by atoms with Crippen LogP contribution in [0, 0.1) is 0 Å². The Labute approximate surface area is 154 Å². The summed E-state index contributed by atoms with van der Waals surface area (Å²) in [6.07, 6.45) is 2.01. The van der Waals surface area contributed by atoms with E-state index >= 15 is 0 Å². The second kappa shape index (κ2) is 8.44. The first-order valence-corrected chi connectivity index (χ1v) is 9.09. The predicted molar refractivity (Wildman–Crippen MR) is 101 cm³/mol. The lowest BCUT2D eigenvalue weighted by Gasteiger charge is -2.12. The largest absolute Gasteiger partial charge is 0.486 e. The maximum atomic E-state index is 12.3. The number of carbonyl (C=O) groups is 1. The number of thiophene rings is 1. The summed E-state index contributed by atoms with van der Waals surface area (Å²) in [5, 5.41) is 4.82. The number of benzene rings is 1. The molecule has 7 heteroatoms. The van der Waals surface area contributed by atoms with Crippen molar-refractivity contribution in [3.8, 4) is 5.75 Å². The van der Waals surface area contributed by atoms with Gasteiger partial charge in [-0.05, 0) is 30.5 Å². The molecule has 0 bridgehead atoms. The number of H-pyrrole nitrogens is 1. The van der Waals surface area contributed by atoms with E-state index in [0.717, 1.165) is 6.42 Å². The molecule has 0 radical (unpaired) electrons. The minimum atomic E-state index is -0.479. The second-order valence-corrected chi connectivity index (χ2v) is 6.86. The maximum absolute atomic E-state index is 12.3. The number of amides is 1. The number of carbonyl (C=O) groups excluding carboxylic acids is 1. The summed E-state index contributed by atoms with van der Waals surface area (Å²) in [5.41, 5.74) is -0.487. The van der Waals surface area contributed by atoms with E-state index in [1.54, 1.807) is 11.3 Å². The smallest absolute Gasteiger partial charge is 0.263 e. The molecular weight excluding hydrogens is 350 g/mol. The number of rotatable bonds is 7. The summed E-state index contributed by atoms with van der Waals surface area (Å²) in [5.74, 6) is 0.611. The van der Waals surface area contributed by atoms with Crippen LogP contribution in [0.4, 0.5) is 0 Å². The van der Waals surface area contributed by atoms with Crippen LogP contribution in [0.3, 0.4) is 0 Å². The predicted octanol–water partition coefficient (Wildman–Crippen LogP) is 2.77. The first-order chi connectivity index (χ1) is 12.6. The molecule has 2 N–H and O–H groups in total. The van der Waals surface area contributed by atoms with Crippen LogP contribution in [0.2, 0.25) is 0 Å². The molecule has 0 aliphatic rings. The van der Waals surface area contributed by atoms with Crippen molar-refractivity contribution in [2.24, 2.45) is 0 Å². The van der Waals surface area contributed by atoms with Crippen LogP contribution in [-0.2, 0) is 13.0 Å². The van der Waals surface area contributed by atoms with Crippen molar-refractivity contribution >= 4 is 17.2 Å². The highest BCUT2D eigenvalue weighted by molar-refractivity contribution is 7.09. The highest BCUT2D eigenvalue weighted by atomic mass is 32.1. The SMILES string of the molecule is C[C@@H](Cc1cccs1)NC(=O)c1cnc(COc2ccccc2)[nH]c1=O. The molecule has 2 heterocycles. The van der Waals surface area contributed by atoms with E-state index in [-0.39, 0.29) is 18.2 Å². The fourth-order valence-corrected chi connectivity index (χ4v) is 3.25. The monoisotopic (exact) mass is 369 g/mol. The van der Waals surface area contributed by atoms with Crippen LogP contribution in [0.5, 0.6) is 5.75 Å². The molecular formula is C19H19N3O3S. The topological polar surface area (TPSA) is 84.1 Å². The molecule has 2 aromatic heterocycles. The third-order valence-corrected chi connectivity index (χ3v) is 4.58. The summed E-state index contributed by atoms with van der Waals surface area (Å²) in [6, 6.07) is 13.1. The summed E-state index contributed by atoms with van der Waals surface area (Å²) < 4.78 is 5.54. The van der Waals surface area contributed by atoms with Crippen molar-refractivity contribution in [3.05, 3.63) is 80.7 Å². The quantitative estimate of drug-likeness (QED) is 0.671. The molecule has 26 heavy (non-hydrogen) atoms. The highest BCUT2D eigenvalue weighted by Crippen LogP contribution is 2.11. The molecule has 134 valence electrons. The van der Waals surface area contributed by atoms with E-state index < -0.39 is 11.5 Å². The normalized spacial score (nSPS) is 11.7. The average molecular weight is 369 g/mol. The summed E-state index contributed by atoms with van der Waals surface area (Å²) >= 11 is 1.64. The Bertz CT molecular complexity index is 907. The van der Waals surface area contributed by atoms with E-state index in [1.165, 1.54) is 11.1 Å². The Morgan fingerprint density at radius 1 is 1.27 bits per heavy atom. The van der Waals surface area contributed by atoms with Gasteiger partial charge in [0, 0.05) is 23.5 Å². The van der Waals surface area contributed by atoms with Gasteiger partial charge in [0.15, 0.2) is 0 Å². The minimum absolute atomic E-state index is 0.00788. The third kappa shape index (κ3) is 4.80. The Hall–Kier alpha value is -2.93. The van der Waals surface area contributed by atoms with E-state index in [2.05, 4.69) is 15.3 Å². The molecule has 0 unspecified atom stereocenters. The van der Waals surface area contributed by atoms with Crippen LogP contribution >= 0.6 is 11.3 Å². The van der Waals surface area contributed by atoms with Crippen molar-refractivity contribution in [3.63, 3.8) is 0 Å². The van der Waals surface area contributed by atoms with Gasteiger partial charge in [0.05, 0.1) is 0 Å². The van der Waals surface area contributed by atoms with Crippen molar-refractivity contribution in [2.75, 3.05) is 0 Å². The van der Waals surface area contributed by atoms with Crippen LogP contribution in [-0.4, -0.2) is 21.9 Å². The number of para-hydroxylation sites is 1.